The summed E-state index contributed by atoms with van der Waals surface area (Å²) < 4.78 is 0. The molecule has 0 unspecified atom stereocenters. The number of hydrogen-bond donors (Lipinski definition) is 2. The topological polar surface area (TPSA) is 82.9 Å². The fourth-order valence-electron chi connectivity index (χ4n) is 2.35. The molecule has 5 heteroatoms. The summed E-state index contributed by atoms with van der Waals surface area (Å²) in [6, 6.07) is 17.7. The van der Waals surface area contributed by atoms with E-state index in [1.807, 2.05) is 18.2 Å². The molecule has 0 spiro atoms. The maximum absolute atomic E-state index is 9.40. The standard InChI is InChI=1S/C18H12ClN3O/c19-16-4-2-1-3-13(16)14-9-17(22-18(21)15(14)10-20)11-5-7-12(23)8-6-11/h1-9,23H,(H2,21,22). The number of aromatic hydroxyl groups is 1. The molecular weight excluding hydrogens is 310 g/mol. The van der Waals surface area contributed by atoms with Crippen molar-refractivity contribution in [2.75, 3.05) is 5.73 Å². The lowest BCUT2D eigenvalue weighted by Gasteiger charge is -2.11. The Bertz CT molecular complexity index is 915. The Morgan fingerprint density at radius 2 is 1.74 bits per heavy atom. The molecule has 0 fully saturated rings. The van der Waals surface area contributed by atoms with E-state index >= 15 is 0 Å². The lowest BCUT2D eigenvalue weighted by Crippen LogP contribution is -2.00. The van der Waals surface area contributed by atoms with E-state index in [0.717, 1.165) is 11.1 Å². The van der Waals surface area contributed by atoms with Crippen molar-refractivity contribution in [2.45, 2.75) is 0 Å². The summed E-state index contributed by atoms with van der Waals surface area (Å²) in [6.45, 7) is 0. The molecule has 0 bridgehead atoms. The second-order valence-corrected chi connectivity index (χ2v) is 5.36. The Labute approximate surface area is 138 Å². The first kappa shape index (κ1) is 14.9. The van der Waals surface area contributed by atoms with Gasteiger partial charge in [-0.3, -0.25) is 0 Å². The van der Waals surface area contributed by atoms with E-state index in [4.69, 9.17) is 17.3 Å². The van der Waals surface area contributed by atoms with Crippen LogP contribution >= 0.6 is 11.6 Å². The highest BCUT2D eigenvalue weighted by molar-refractivity contribution is 6.33. The van der Waals surface area contributed by atoms with Gasteiger partial charge in [-0.1, -0.05) is 29.8 Å². The predicted octanol–water partition coefficient (Wildman–Crippen LogP) is 4.23. The van der Waals surface area contributed by atoms with Crippen molar-refractivity contribution in [3.8, 4) is 34.2 Å². The molecule has 0 saturated heterocycles. The van der Waals surface area contributed by atoms with Crippen LogP contribution in [0.2, 0.25) is 5.02 Å². The number of nitrogen functional groups attached to an aromatic ring is 1. The first-order valence-corrected chi connectivity index (χ1v) is 7.23. The van der Waals surface area contributed by atoms with Gasteiger partial charge in [0, 0.05) is 21.7 Å². The summed E-state index contributed by atoms with van der Waals surface area (Å²) in [4.78, 5) is 4.29. The van der Waals surface area contributed by atoms with Gasteiger partial charge in [-0.25, -0.2) is 4.98 Å². The van der Waals surface area contributed by atoms with E-state index in [0.29, 0.717) is 21.8 Å². The number of aromatic nitrogens is 1. The van der Waals surface area contributed by atoms with Crippen LogP contribution in [-0.4, -0.2) is 10.1 Å². The van der Waals surface area contributed by atoms with Crippen molar-refractivity contribution in [1.29, 1.82) is 5.26 Å². The zero-order valence-electron chi connectivity index (χ0n) is 12.0. The summed E-state index contributed by atoms with van der Waals surface area (Å²) in [7, 11) is 0. The van der Waals surface area contributed by atoms with Gasteiger partial charge in [0.15, 0.2) is 0 Å². The Balaban J connectivity index is 2.25. The monoisotopic (exact) mass is 321 g/mol. The quantitative estimate of drug-likeness (QED) is 0.740. The number of rotatable bonds is 2. The van der Waals surface area contributed by atoms with Gasteiger partial charge in [-0.05, 0) is 36.4 Å². The van der Waals surface area contributed by atoms with Crippen LogP contribution in [0, 0.1) is 11.3 Å². The molecule has 1 aromatic heterocycles. The van der Waals surface area contributed by atoms with Gasteiger partial charge in [-0.2, -0.15) is 5.26 Å². The molecule has 23 heavy (non-hydrogen) atoms. The van der Waals surface area contributed by atoms with Gasteiger partial charge in [0.2, 0.25) is 0 Å². The van der Waals surface area contributed by atoms with Crippen molar-refractivity contribution in [1.82, 2.24) is 4.98 Å². The molecular formula is C18H12ClN3O. The molecule has 0 radical (unpaired) electrons. The van der Waals surface area contributed by atoms with E-state index < -0.39 is 0 Å². The van der Waals surface area contributed by atoms with Crippen LogP contribution in [0.1, 0.15) is 5.56 Å². The third kappa shape index (κ3) is 2.83. The normalized spacial score (nSPS) is 10.3. The molecule has 0 atom stereocenters. The highest BCUT2D eigenvalue weighted by Crippen LogP contribution is 2.35. The Kier molecular flexibility index (Phi) is 3.88. The van der Waals surface area contributed by atoms with E-state index in [1.54, 1.807) is 36.4 Å². The molecule has 0 amide bonds. The van der Waals surface area contributed by atoms with Gasteiger partial charge in [0.1, 0.15) is 23.2 Å². The van der Waals surface area contributed by atoms with Crippen LogP contribution in [0.5, 0.6) is 5.75 Å². The van der Waals surface area contributed by atoms with Gasteiger partial charge in [-0.15, -0.1) is 0 Å². The van der Waals surface area contributed by atoms with Crippen molar-refractivity contribution < 1.29 is 5.11 Å². The number of hydrogen-bond acceptors (Lipinski definition) is 4. The smallest absolute Gasteiger partial charge is 0.142 e. The highest BCUT2D eigenvalue weighted by Gasteiger charge is 2.15. The zero-order valence-corrected chi connectivity index (χ0v) is 12.7. The van der Waals surface area contributed by atoms with E-state index in [-0.39, 0.29) is 11.6 Å². The Hall–Kier alpha value is -3.03. The van der Waals surface area contributed by atoms with Gasteiger partial charge in [0.25, 0.3) is 0 Å². The van der Waals surface area contributed by atoms with E-state index in [1.165, 1.54) is 0 Å². The van der Waals surface area contributed by atoms with Gasteiger partial charge < -0.3 is 10.8 Å². The van der Waals surface area contributed by atoms with Crippen LogP contribution in [-0.2, 0) is 0 Å². The van der Waals surface area contributed by atoms with Gasteiger partial charge >= 0.3 is 0 Å². The molecule has 0 aliphatic heterocycles. The maximum atomic E-state index is 9.40. The minimum absolute atomic E-state index is 0.146. The van der Waals surface area contributed by atoms with Crippen LogP contribution in [0.25, 0.3) is 22.4 Å². The molecule has 0 aliphatic rings. The minimum Gasteiger partial charge on any atom is -0.508 e. The fourth-order valence-corrected chi connectivity index (χ4v) is 2.59. The fraction of sp³-hybridized carbons (Fsp3) is 0. The van der Waals surface area contributed by atoms with Crippen molar-refractivity contribution in [3.63, 3.8) is 0 Å². The SMILES string of the molecule is N#Cc1c(-c2ccccc2Cl)cc(-c2ccc(O)cc2)nc1N. The number of anilines is 1. The van der Waals surface area contributed by atoms with E-state index in [9.17, 15) is 10.4 Å². The van der Waals surface area contributed by atoms with Crippen molar-refractivity contribution >= 4 is 17.4 Å². The summed E-state index contributed by atoms with van der Waals surface area (Å²) in [5.41, 5.74) is 9.00. The molecule has 0 saturated carbocycles. The average molecular weight is 322 g/mol. The average Bonchev–Trinajstić information content (AvgIpc) is 2.55. The number of nitrogens with two attached hydrogens (primary N) is 1. The number of pyridine rings is 1. The number of nitrogens with zero attached hydrogens (tertiary/aromatic N) is 2. The lowest BCUT2D eigenvalue weighted by molar-refractivity contribution is 0.475. The second kappa shape index (κ2) is 5.99. The van der Waals surface area contributed by atoms with Gasteiger partial charge in [0.05, 0.1) is 5.69 Å². The van der Waals surface area contributed by atoms with E-state index in [2.05, 4.69) is 11.1 Å². The molecule has 0 aliphatic carbocycles. The summed E-state index contributed by atoms with van der Waals surface area (Å²) in [6.07, 6.45) is 0. The first-order chi connectivity index (χ1) is 11.1. The molecule has 2 aromatic carbocycles. The van der Waals surface area contributed by atoms with Crippen LogP contribution in [0.15, 0.2) is 54.6 Å². The second-order valence-electron chi connectivity index (χ2n) is 4.95. The third-order valence-corrected chi connectivity index (χ3v) is 3.82. The lowest BCUT2D eigenvalue weighted by atomic mass is 9.98. The summed E-state index contributed by atoms with van der Waals surface area (Å²) in [5, 5.41) is 19.3. The molecule has 3 rings (SSSR count). The van der Waals surface area contributed by atoms with Crippen LogP contribution in [0.4, 0.5) is 5.82 Å². The summed E-state index contributed by atoms with van der Waals surface area (Å²) >= 11 is 6.26. The number of nitriles is 1. The predicted molar refractivity (Wildman–Crippen MR) is 90.9 cm³/mol. The molecule has 1 heterocycles. The third-order valence-electron chi connectivity index (χ3n) is 3.49. The Morgan fingerprint density at radius 1 is 1.04 bits per heavy atom. The summed E-state index contributed by atoms with van der Waals surface area (Å²) in [5.74, 6) is 0.315. The minimum atomic E-state index is 0.146. The number of phenols is 1. The molecule has 4 nitrogen and oxygen atoms in total. The van der Waals surface area contributed by atoms with Crippen LogP contribution in [0.3, 0.4) is 0 Å². The number of phenolic OH excluding ortho intramolecular Hbond substituents is 1. The molecule has 3 N–H and O–H groups in total. The number of halogens is 1. The van der Waals surface area contributed by atoms with Crippen molar-refractivity contribution in [2.24, 2.45) is 0 Å². The first-order valence-electron chi connectivity index (χ1n) is 6.85. The largest absolute Gasteiger partial charge is 0.508 e. The highest BCUT2D eigenvalue weighted by atomic mass is 35.5. The number of benzene rings is 2. The molecule has 3 aromatic rings. The maximum Gasteiger partial charge on any atom is 0.142 e. The molecule has 112 valence electrons. The van der Waals surface area contributed by atoms with Crippen molar-refractivity contribution in [3.05, 3.63) is 65.2 Å². The van der Waals surface area contributed by atoms with Crippen LogP contribution < -0.4 is 5.73 Å². The Morgan fingerprint density at radius 3 is 2.39 bits per heavy atom. The zero-order chi connectivity index (χ0) is 16.4.